The highest BCUT2D eigenvalue weighted by Gasteiger charge is 2.20. The van der Waals surface area contributed by atoms with Gasteiger partial charge in [0, 0.05) is 46.4 Å². The van der Waals surface area contributed by atoms with Gasteiger partial charge in [0.15, 0.2) is 0 Å². The normalized spacial score (nSPS) is 16.4. The molecule has 1 atom stereocenters. The summed E-state index contributed by atoms with van der Waals surface area (Å²) in [4.78, 5) is 4.72. The van der Waals surface area contributed by atoms with Crippen molar-refractivity contribution in [3.05, 3.63) is 24.3 Å². The number of fused-ring (bicyclic) bond motifs is 1. The maximum Gasteiger partial charge on any atom is 0.0605 e. The predicted molar refractivity (Wildman–Crippen MR) is 81.0 cm³/mol. The van der Waals surface area contributed by atoms with Crippen LogP contribution in [0.5, 0.6) is 0 Å². The molecule has 0 bridgehead atoms. The van der Waals surface area contributed by atoms with Crippen LogP contribution in [-0.4, -0.2) is 46.4 Å². The van der Waals surface area contributed by atoms with E-state index in [1.807, 2.05) is 0 Å². The van der Waals surface area contributed by atoms with Gasteiger partial charge in [-0.3, -0.25) is 0 Å². The number of benzene rings is 1. The van der Waals surface area contributed by atoms with E-state index >= 15 is 0 Å². The first-order valence-electron chi connectivity index (χ1n) is 7.02. The van der Waals surface area contributed by atoms with E-state index in [-0.39, 0.29) is 6.04 Å². The zero-order chi connectivity index (χ0) is 13.7. The minimum Gasteiger partial charge on any atom is -0.385 e. The van der Waals surface area contributed by atoms with Crippen LogP contribution >= 0.6 is 0 Å². The van der Waals surface area contributed by atoms with Gasteiger partial charge in [-0.15, -0.1) is 0 Å². The van der Waals surface area contributed by atoms with Gasteiger partial charge < -0.3 is 20.3 Å². The third kappa shape index (κ3) is 3.61. The molecule has 0 saturated heterocycles. The Hall–Kier alpha value is -1.26. The van der Waals surface area contributed by atoms with E-state index in [9.17, 15) is 0 Å². The molecule has 1 aromatic carbocycles. The minimum atomic E-state index is 0.214. The Morgan fingerprint density at radius 2 is 2.00 bits per heavy atom. The molecule has 1 aliphatic rings. The molecule has 0 spiro atoms. The smallest absolute Gasteiger partial charge is 0.0605 e. The third-order valence-corrected chi connectivity index (χ3v) is 3.72. The van der Waals surface area contributed by atoms with Crippen LogP contribution in [0.25, 0.3) is 0 Å². The summed E-state index contributed by atoms with van der Waals surface area (Å²) in [5, 5.41) is 0. The van der Waals surface area contributed by atoms with Crippen molar-refractivity contribution < 1.29 is 4.74 Å². The van der Waals surface area contributed by atoms with Crippen molar-refractivity contribution in [1.29, 1.82) is 0 Å². The van der Waals surface area contributed by atoms with E-state index in [0.717, 1.165) is 39.1 Å². The van der Waals surface area contributed by atoms with E-state index in [4.69, 9.17) is 10.5 Å². The van der Waals surface area contributed by atoms with E-state index < -0.39 is 0 Å². The SMILES string of the molecule is COCCCC(N)CN1CCN(C)c2ccccc21. The summed E-state index contributed by atoms with van der Waals surface area (Å²) in [5.41, 5.74) is 8.83. The Kier molecular flexibility index (Phi) is 5.05. The van der Waals surface area contributed by atoms with Crippen molar-refractivity contribution in [3.63, 3.8) is 0 Å². The van der Waals surface area contributed by atoms with Gasteiger partial charge in [0.25, 0.3) is 0 Å². The number of ether oxygens (including phenoxy) is 1. The molecule has 0 saturated carbocycles. The second-order valence-corrected chi connectivity index (χ2v) is 5.25. The van der Waals surface area contributed by atoms with Gasteiger partial charge >= 0.3 is 0 Å². The first kappa shape index (κ1) is 14.2. The van der Waals surface area contributed by atoms with Crippen LogP contribution in [0, 0.1) is 0 Å². The van der Waals surface area contributed by atoms with Crippen LogP contribution in [0.2, 0.25) is 0 Å². The van der Waals surface area contributed by atoms with Crippen molar-refractivity contribution in [2.24, 2.45) is 5.73 Å². The molecule has 19 heavy (non-hydrogen) atoms. The number of methoxy groups -OCH3 is 1. The van der Waals surface area contributed by atoms with Crippen LogP contribution in [0.4, 0.5) is 11.4 Å². The Balaban J connectivity index is 1.96. The first-order chi connectivity index (χ1) is 9.22. The number of para-hydroxylation sites is 2. The number of nitrogens with two attached hydrogens (primary N) is 1. The molecule has 1 unspecified atom stereocenters. The quantitative estimate of drug-likeness (QED) is 0.793. The highest BCUT2D eigenvalue weighted by Crippen LogP contribution is 2.31. The van der Waals surface area contributed by atoms with Crippen molar-refractivity contribution in [3.8, 4) is 0 Å². The predicted octanol–water partition coefficient (Wildman–Crippen LogP) is 1.70. The number of anilines is 2. The molecule has 1 aromatic rings. The molecule has 0 aliphatic carbocycles. The molecule has 4 nitrogen and oxygen atoms in total. The van der Waals surface area contributed by atoms with Crippen molar-refractivity contribution in [1.82, 2.24) is 0 Å². The fourth-order valence-electron chi connectivity index (χ4n) is 2.62. The molecule has 106 valence electrons. The summed E-state index contributed by atoms with van der Waals surface area (Å²) in [6, 6.07) is 8.77. The molecular weight excluding hydrogens is 238 g/mol. The average molecular weight is 263 g/mol. The molecule has 0 fully saturated rings. The van der Waals surface area contributed by atoms with Gasteiger partial charge in [0.2, 0.25) is 0 Å². The molecule has 1 aliphatic heterocycles. The Morgan fingerprint density at radius 3 is 2.74 bits per heavy atom. The summed E-state index contributed by atoms with van der Waals surface area (Å²) in [5.74, 6) is 0. The summed E-state index contributed by atoms with van der Waals surface area (Å²) >= 11 is 0. The van der Waals surface area contributed by atoms with Gasteiger partial charge in [-0.05, 0) is 25.0 Å². The second-order valence-electron chi connectivity index (χ2n) is 5.25. The summed E-state index contributed by atoms with van der Waals surface area (Å²) in [7, 11) is 3.89. The summed E-state index contributed by atoms with van der Waals surface area (Å²) < 4.78 is 5.08. The van der Waals surface area contributed by atoms with Crippen LogP contribution in [0.15, 0.2) is 24.3 Å². The van der Waals surface area contributed by atoms with E-state index in [2.05, 4.69) is 41.1 Å². The molecule has 1 heterocycles. The molecule has 0 amide bonds. The third-order valence-electron chi connectivity index (χ3n) is 3.72. The first-order valence-corrected chi connectivity index (χ1v) is 7.02. The molecule has 4 heteroatoms. The number of nitrogens with zero attached hydrogens (tertiary/aromatic N) is 2. The van der Waals surface area contributed by atoms with E-state index in [1.54, 1.807) is 7.11 Å². The van der Waals surface area contributed by atoms with Gasteiger partial charge in [0.1, 0.15) is 0 Å². The Labute approximate surface area is 116 Å². The highest BCUT2D eigenvalue weighted by atomic mass is 16.5. The lowest BCUT2D eigenvalue weighted by Crippen LogP contribution is -2.45. The fourth-order valence-corrected chi connectivity index (χ4v) is 2.62. The minimum absolute atomic E-state index is 0.214. The van der Waals surface area contributed by atoms with E-state index in [1.165, 1.54) is 11.4 Å². The molecular formula is C15H25N3O. The van der Waals surface area contributed by atoms with Crippen molar-refractivity contribution in [2.75, 3.05) is 50.2 Å². The largest absolute Gasteiger partial charge is 0.385 e. The van der Waals surface area contributed by atoms with Gasteiger partial charge in [0.05, 0.1) is 11.4 Å². The average Bonchev–Trinajstić information content (AvgIpc) is 2.43. The van der Waals surface area contributed by atoms with Crippen LogP contribution in [0.1, 0.15) is 12.8 Å². The van der Waals surface area contributed by atoms with Crippen molar-refractivity contribution >= 4 is 11.4 Å². The zero-order valence-electron chi connectivity index (χ0n) is 12.0. The second kappa shape index (κ2) is 6.78. The summed E-state index contributed by atoms with van der Waals surface area (Å²) in [6.07, 6.45) is 2.05. The number of hydrogen-bond donors (Lipinski definition) is 1. The topological polar surface area (TPSA) is 41.7 Å². The molecule has 2 rings (SSSR count). The number of likely N-dealkylation sites (N-methyl/N-ethyl adjacent to an activating group) is 1. The maximum absolute atomic E-state index is 6.23. The summed E-state index contributed by atoms with van der Waals surface area (Å²) in [6.45, 7) is 3.83. The lowest BCUT2D eigenvalue weighted by Gasteiger charge is -2.38. The van der Waals surface area contributed by atoms with Crippen LogP contribution < -0.4 is 15.5 Å². The van der Waals surface area contributed by atoms with Crippen LogP contribution in [0.3, 0.4) is 0 Å². The van der Waals surface area contributed by atoms with Gasteiger partial charge in [-0.25, -0.2) is 0 Å². The lowest BCUT2D eigenvalue weighted by atomic mass is 10.1. The standard InChI is InChI=1S/C15H25N3O/c1-17-9-10-18(12-13(16)6-5-11-19-2)15-8-4-3-7-14(15)17/h3-4,7-8,13H,5-6,9-12,16H2,1-2H3. The van der Waals surface area contributed by atoms with E-state index in [0.29, 0.717) is 0 Å². The fraction of sp³-hybridized carbons (Fsp3) is 0.600. The Bertz CT molecular complexity index is 397. The van der Waals surface area contributed by atoms with Gasteiger partial charge in [-0.2, -0.15) is 0 Å². The lowest BCUT2D eigenvalue weighted by molar-refractivity contribution is 0.190. The number of rotatable bonds is 6. The monoisotopic (exact) mass is 263 g/mol. The number of hydrogen-bond acceptors (Lipinski definition) is 4. The van der Waals surface area contributed by atoms with Crippen LogP contribution in [-0.2, 0) is 4.74 Å². The Morgan fingerprint density at radius 1 is 1.26 bits per heavy atom. The van der Waals surface area contributed by atoms with Gasteiger partial charge in [-0.1, -0.05) is 12.1 Å². The zero-order valence-corrected chi connectivity index (χ0v) is 12.0. The van der Waals surface area contributed by atoms with Crippen molar-refractivity contribution in [2.45, 2.75) is 18.9 Å². The molecule has 0 radical (unpaired) electrons. The molecule has 0 aromatic heterocycles. The highest BCUT2D eigenvalue weighted by molar-refractivity contribution is 5.73. The molecule has 2 N–H and O–H groups in total. The maximum atomic E-state index is 6.23.